The van der Waals surface area contributed by atoms with Crippen LogP contribution in [0.4, 0.5) is 5.69 Å². The highest BCUT2D eigenvalue weighted by Crippen LogP contribution is 2.47. The van der Waals surface area contributed by atoms with Gasteiger partial charge >= 0.3 is 0 Å². The van der Waals surface area contributed by atoms with E-state index >= 15 is 0 Å². The van der Waals surface area contributed by atoms with Crippen LogP contribution in [0, 0.1) is 0 Å². The summed E-state index contributed by atoms with van der Waals surface area (Å²) < 4.78 is 12.0. The van der Waals surface area contributed by atoms with Crippen molar-refractivity contribution in [3.63, 3.8) is 0 Å². The molecule has 2 aliphatic rings. The number of ether oxygens (including phenoxy) is 2. The standard InChI is InChI=1S/C19H22N2O3S/c1-18(2,3)17-20-11-15(25-17)16(22)21-12-6-7-13-14(10-12)24-19(23-13)8-4-5-9-19/h6-7,10-11H,4-5,8-9H2,1-3H3,(H,21,22). The van der Waals surface area contributed by atoms with Gasteiger partial charge in [0.2, 0.25) is 0 Å². The Labute approximate surface area is 151 Å². The highest BCUT2D eigenvalue weighted by Gasteiger charge is 2.44. The third-order valence-corrected chi connectivity index (χ3v) is 5.95. The van der Waals surface area contributed by atoms with E-state index in [0.717, 1.165) is 36.4 Å². The van der Waals surface area contributed by atoms with Gasteiger partial charge in [0, 0.05) is 30.0 Å². The Kier molecular flexibility index (Phi) is 3.76. The first-order chi connectivity index (χ1) is 11.8. The van der Waals surface area contributed by atoms with Gasteiger partial charge in [-0.05, 0) is 25.0 Å². The predicted molar refractivity (Wildman–Crippen MR) is 97.7 cm³/mol. The van der Waals surface area contributed by atoms with Crippen LogP contribution in [0.25, 0.3) is 0 Å². The summed E-state index contributed by atoms with van der Waals surface area (Å²) in [6, 6.07) is 5.55. The molecule has 0 bridgehead atoms. The van der Waals surface area contributed by atoms with Gasteiger partial charge < -0.3 is 14.8 Å². The minimum absolute atomic E-state index is 0.0580. The molecule has 25 heavy (non-hydrogen) atoms. The molecule has 0 radical (unpaired) electrons. The van der Waals surface area contributed by atoms with Crippen molar-refractivity contribution in [3.05, 3.63) is 34.3 Å². The van der Waals surface area contributed by atoms with Gasteiger partial charge in [0.1, 0.15) is 4.88 Å². The molecule has 0 unspecified atom stereocenters. The molecule has 1 aromatic carbocycles. The first-order valence-electron chi connectivity index (χ1n) is 8.64. The Morgan fingerprint density at radius 2 is 1.92 bits per heavy atom. The summed E-state index contributed by atoms with van der Waals surface area (Å²) in [4.78, 5) is 17.5. The third-order valence-electron chi connectivity index (χ3n) is 4.53. The molecule has 4 rings (SSSR count). The van der Waals surface area contributed by atoms with Crippen molar-refractivity contribution >= 4 is 22.9 Å². The molecule has 1 aliphatic heterocycles. The maximum absolute atomic E-state index is 12.5. The molecule has 1 saturated carbocycles. The van der Waals surface area contributed by atoms with Crippen LogP contribution in [0.2, 0.25) is 0 Å². The van der Waals surface area contributed by atoms with Crippen LogP contribution >= 0.6 is 11.3 Å². The lowest BCUT2D eigenvalue weighted by Crippen LogP contribution is -2.34. The van der Waals surface area contributed by atoms with E-state index in [4.69, 9.17) is 9.47 Å². The van der Waals surface area contributed by atoms with Crippen LogP contribution in [-0.4, -0.2) is 16.7 Å². The second-order valence-corrected chi connectivity index (χ2v) is 8.75. The third kappa shape index (κ3) is 3.11. The van der Waals surface area contributed by atoms with Gasteiger partial charge in [0.15, 0.2) is 11.5 Å². The van der Waals surface area contributed by atoms with Crippen molar-refractivity contribution in [1.82, 2.24) is 4.98 Å². The minimum Gasteiger partial charge on any atom is -0.448 e. The summed E-state index contributed by atoms with van der Waals surface area (Å²) in [6.07, 6.45) is 5.72. The molecule has 2 aromatic rings. The van der Waals surface area contributed by atoms with Crippen LogP contribution in [0.15, 0.2) is 24.4 Å². The second-order valence-electron chi connectivity index (χ2n) is 7.72. The smallest absolute Gasteiger partial charge is 0.267 e. The first kappa shape index (κ1) is 16.4. The first-order valence-corrected chi connectivity index (χ1v) is 9.46. The van der Waals surface area contributed by atoms with Crippen molar-refractivity contribution in [2.24, 2.45) is 0 Å². The zero-order valence-corrected chi connectivity index (χ0v) is 15.5. The van der Waals surface area contributed by atoms with Gasteiger partial charge in [-0.25, -0.2) is 4.98 Å². The number of fused-ring (bicyclic) bond motifs is 1. The van der Waals surface area contributed by atoms with Gasteiger partial charge in [-0.3, -0.25) is 4.79 Å². The number of nitrogens with one attached hydrogen (secondary N) is 1. The average Bonchev–Trinajstić information content (AvgIpc) is 3.26. The number of rotatable bonds is 2. The lowest BCUT2D eigenvalue weighted by molar-refractivity contribution is -0.0716. The number of anilines is 1. The number of hydrogen-bond donors (Lipinski definition) is 1. The monoisotopic (exact) mass is 358 g/mol. The van der Waals surface area contributed by atoms with Gasteiger partial charge in [-0.1, -0.05) is 20.8 Å². The van der Waals surface area contributed by atoms with Crippen molar-refractivity contribution in [2.45, 2.75) is 57.7 Å². The number of amides is 1. The number of carbonyl (C=O) groups excluding carboxylic acids is 1. The molecular weight excluding hydrogens is 336 g/mol. The van der Waals surface area contributed by atoms with E-state index in [0.29, 0.717) is 16.3 Å². The lowest BCUT2D eigenvalue weighted by Gasteiger charge is -2.21. The van der Waals surface area contributed by atoms with E-state index in [1.165, 1.54) is 11.3 Å². The molecular formula is C19H22N2O3S. The van der Waals surface area contributed by atoms with Crippen LogP contribution in [0.1, 0.15) is 61.1 Å². The highest BCUT2D eigenvalue weighted by molar-refractivity contribution is 7.13. The van der Waals surface area contributed by atoms with Crippen LogP contribution < -0.4 is 14.8 Å². The molecule has 1 aromatic heterocycles. The largest absolute Gasteiger partial charge is 0.448 e. The molecule has 1 N–H and O–H groups in total. The van der Waals surface area contributed by atoms with Gasteiger partial charge in [0.25, 0.3) is 11.7 Å². The van der Waals surface area contributed by atoms with Crippen LogP contribution in [0.5, 0.6) is 11.5 Å². The number of carbonyl (C=O) groups is 1. The van der Waals surface area contributed by atoms with Crippen LogP contribution in [-0.2, 0) is 5.41 Å². The van der Waals surface area contributed by atoms with Crippen molar-refractivity contribution in [2.75, 3.05) is 5.32 Å². The van der Waals surface area contributed by atoms with E-state index in [1.807, 2.05) is 18.2 Å². The van der Waals surface area contributed by atoms with E-state index in [1.54, 1.807) is 6.20 Å². The Balaban J connectivity index is 1.49. The van der Waals surface area contributed by atoms with Crippen molar-refractivity contribution < 1.29 is 14.3 Å². The molecule has 0 saturated heterocycles. The van der Waals surface area contributed by atoms with E-state index in [9.17, 15) is 4.79 Å². The van der Waals surface area contributed by atoms with Gasteiger partial charge in [-0.15, -0.1) is 11.3 Å². The number of benzene rings is 1. The topological polar surface area (TPSA) is 60.5 Å². The van der Waals surface area contributed by atoms with Gasteiger partial charge in [0.05, 0.1) is 11.2 Å². The fraction of sp³-hybridized carbons (Fsp3) is 0.474. The zero-order valence-electron chi connectivity index (χ0n) is 14.7. The highest BCUT2D eigenvalue weighted by atomic mass is 32.1. The SMILES string of the molecule is CC(C)(C)c1ncc(C(=O)Nc2ccc3c(c2)OC2(CCCC2)O3)s1. The van der Waals surface area contributed by atoms with Crippen LogP contribution in [0.3, 0.4) is 0 Å². The van der Waals surface area contributed by atoms with Gasteiger partial charge in [-0.2, -0.15) is 0 Å². The fourth-order valence-corrected chi connectivity index (χ4v) is 4.08. The summed E-state index contributed by atoms with van der Waals surface area (Å²) in [5, 5.41) is 3.88. The molecule has 1 spiro atoms. The molecule has 1 fully saturated rings. The summed E-state index contributed by atoms with van der Waals surface area (Å²) >= 11 is 1.43. The van der Waals surface area contributed by atoms with E-state index in [-0.39, 0.29) is 11.3 Å². The maximum atomic E-state index is 12.5. The summed E-state index contributed by atoms with van der Waals surface area (Å²) in [5.41, 5.74) is 0.644. The molecule has 1 amide bonds. The summed E-state index contributed by atoms with van der Waals surface area (Å²) in [7, 11) is 0. The number of thiazole rings is 1. The normalized spacial score (nSPS) is 17.9. The quantitative estimate of drug-likeness (QED) is 0.843. The molecule has 6 heteroatoms. The Morgan fingerprint density at radius 3 is 2.60 bits per heavy atom. The fourth-order valence-electron chi connectivity index (χ4n) is 3.21. The average molecular weight is 358 g/mol. The van der Waals surface area contributed by atoms with E-state index < -0.39 is 5.79 Å². The Bertz CT molecular complexity index is 816. The Hall–Kier alpha value is -2.08. The molecule has 2 heterocycles. The molecule has 0 atom stereocenters. The predicted octanol–water partition coefficient (Wildman–Crippen LogP) is 4.73. The second kappa shape index (κ2) is 5.73. The number of aromatic nitrogens is 1. The Morgan fingerprint density at radius 1 is 1.20 bits per heavy atom. The molecule has 5 nitrogen and oxygen atoms in total. The number of hydrogen-bond acceptors (Lipinski definition) is 5. The van der Waals surface area contributed by atoms with Crippen molar-refractivity contribution in [1.29, 1.82) is 0 Å². The lowest BCUT2D eigenvalue weighted by atomic mass is 9.98. The number of nitrogens with zero attached hydrogens (tertiary/aromatic N) is 1. The maximum Gasteiger partial charge on any atom is 0.267 e. The van der Waals surface area contributed by atoms with Crippen molar-refractivity contribution in [3.8, 4) is 11.5 Å². The molecule has 132 valence electrons. The summed E-state index contributed by atoms with van der Waals surface area (Å²) in [6.45, 7) is 6.26. The van der Waals surface area contributed by atoms with E-state index in [2.05, 4.69) is 31.1 Å². The summed E-state index contributed by atoms with van der Waals surface area (Å²) in [5.74, 6) is 0.832. The zero-order chi connectivity index (χ0) is 17.7. The molecule has 1 aliphatic carbocycles. The minimum atomic E-state index is -0.482.